The Morgan fingerprint density at radius 3 is 1.11 bits per heavy atom. The van der Waals surface area contributed by atoms with E-state index in [1.54, 1.807) is 33.4 Å². The Bertz CT molecular complexity index is 1900. The van der Waals surface area contributed by atoms with Gasteiger partial charge in [0.05, 0.1) is 25.2 Å². The molecule has 412 valence electrons. The minimum absolute atomic E-state index is 0.0434. The minimum Gasteiger partial charge on any atom is -0.461 e. The molecule has 0 heterocycles. The van der Waals surface area contributed by atoms with Crippen molar-refractivity contribution in [2.45, 2.75) is 180 Å². The second-order valence-corrected chi connectivity index (χ2v) is 18.6. The van der Waals surface area contributed by atoms with Crippen molar-refractivity contribution < 1.29 is 57.3 Å². The van der Waals surface area contributed by atoms with Crippen LogP contribution in [0.25, 0.3) is 0 Å². The highest BCUT2D eigenvalue weighted by atomic mass is 16.6. The van der Waals surface area contributed by atoms with Crippen LogP contribution in [0.1, 0.15) is 143 Å². The number of likely N-dealkylation sites (N-methyl/N-ethyl adjacent to an activating group) is 2. The third-order valence-corrected chi connectivity index (χ3v) is 13.4. The van der Waals surface area contributed by atoms with Crippen LogP contribution in [-0.4, -0.2) is 143 Å². The minimum atomic E-state index is -0.454. The molecule has 0 N–H and O–H groups in total. The first-order valence-corrected chi connectivity index (χ1v) is 26.4. The molecule has 4 aliphatic carbocycles. The van der Waals surface area contributed by atoms with Crippen molar-refractivity contribution >= 4 is 47.5 Å². The molecule has 16 heteroatoms. The van der Waals surface area contributed by atoms with E-state index in [0.29, 0.717) is 37.3 Å². The largest absolute Gasteiger partial charge is 0.461 e. The highest BCUT2D eigenvalue weighted by molar-refractivity contribution is 5.90. The number of rotatable bonds is 22. The van der Waals surface area contributed by atoms with E-state index in [2.05, 4.69) is 52.6 Å². The summed E-state index contributed by atoms with van der Waals surface area (Å²) >= 11 is 0. The average Bonchev–Trinajstić information content (AvgIpc) is 3.42. The van der Waals surface area contributed by atoms with Crippen LogP contribution in [0.15, 0.2) is 100 Å². The average molecular weight is 1030 g/mol. The lowest BCUT2D eigenvalue weighted by Gasteiger charge is -2.38. The fraction of sp³-hybridized carbons (Fsp3) is 0.586. The second-order valence-electron chi connectivity index (χ2n) is 18.6. The van der Waals surface area contributed by atoms with E-state index in [0.717, 1.165) is 115 Å². The smallest absolute Gasteiger partial charge is 0.333 e. The normalized spacial score (nSPS) is 19.2. The van der Waals surface area contributed by atoms with Crippen molar-refractivity contribution in [2.75, 3.05) is 39.4 Å². The van der Waals surface area contributed by atoms with Crippen molar-refractivity contribution in [3.63, 3.8) is 0 Å². The number of amides is 4. The standard InChI is InChI=1S/2C15H23NO3.2C14H21NO3/c1-5-14(17)16(6-2)12-9-7-8-10-13(12)19-15(18)11(3)4;1-4-14(17)16(13-8-6-5-7-9-13)10-11-19-15(18)12(2)3;1-4-13(16)15(6-3)11-9-7-8-10-12(11)18-14(17)5-2;1-3-13(16)15(10-11-18-14(17)4-2)12-8-6-5-7-9-12/h5,12-13H,1,3,6-10H2,2,4H3;4,13H,1-2,5-11H2,3H3;4-5,11-12H,1-2,6-10H2,3H3;3-4,12H,1-2,5-11H2. The topological polar surface area (TPSA) is 186 Å². The number of hydrogen-bond acceptors (Lipinski definition) is 12. The molecule has 0 radical (unpaired) electrons. The Balaban J connectivity index is 0.000000493. The van der Waals surface area contributed by atoms with Crippen molar-refractivity contribution in [1.82, 2.24) is 19.6 Å². The van der Waals surface area contributed by atoms with Crippen LogP contribution in [0.2, 0.25) is 0 Å². The zero-order chi connectivity index (χ0) is 55.6. The van der Waals surface area contributed by atoms with Gasteiger partial charge < -0.3 is 38.5 Å². The molecule has 74 heavy (non-hydrogen) atoms. The molecule has 4 amide bonds. The Kier molecular flexibility index (Phi) is 33.2. The summed E-state index contributed by atoms with van der Waals surface area (Å²) in [6, 6.07) is 0.417. The molecule has 4 rings (SSSR count). The van der Waals surface area contributed by atoms with Crippen LogP contribution in [0.4, 0.5) is 0 Å². The van der Waals surface area contributed by atoms with E-state index in [-0.39, 0.29) is 79.2 Å². The summed E-state index contributed by atoms with van der Waals surface area (Å²) < 4.78 is 20.8. The molecular weight excluding hydrogens is 945 g/mol. The summed E-state index contributed by atoms with van der Waals surface area (Å²) in [6.07, 6.45) is 25.7. The van der Waals surface area contributed by atoms with Crippen LogP contribution in [-0.2, 0) is 57.3 Å². The Morgan fingerprint density at radius 2 is 0.757 bits per heavy atom. The lowest BCUT2D eigenvalue weighted by molar-refractivity contribution is -0.153. The number of esters is 4. The molecule has 0 aromatic heterocycles. The summed E-state index contributed by atoms with van der Waals surface area (Å²) in [5.74, 6) is -2.04. The summed E-state index contributed by atoms with van der Waals surface area (Å²) in [5.41, 5.74) is 0.765. The van der Waals surface area contributed by atoms with Crippen molar-refractivity contribution in [3.05, 3.63) is 100 Å². The van der Waals surface area contributed by atoms with E-state index < -0.39 is 17.9 Å². The maximum Gasteiger partial charge on any atom is 0.333 e. The first-order chi connectivity index (χ1) is 35.4. The van der Waals surface area contributed by atoms with Crippen LogP contribution < -0.4 is 0 Å². The molecule has 4 aliphatic rings. The van der Waals surface area contributed by atoms with Crippen LogP contribution in [0.5, 0.6) is 0 Å². The molecule has 0 aliphatic heterocycles. The summed E-state index contributed by atoms with van der Waals surface area (Å²) in [4.78, 5) is 99.5. The second kappa shape index (κ2) is 37.4. The number of carbonyl (C=O) groups is 8. The zero-order valence-corrected chi connectivity index (χ0v) is 45.2. The third kappa shape index (κ3) is 23.7. The van der Waals surface area contributed by atoms with Gasteiger partial charge in [-0.15, -0.1) is 0 Å². The molecule has 0 aromatic carbocycles. The van der Waals surface area contributed by atoms with E-state index >= 15 is 0 Å². The first kappa shape index (κ1) is 65.7. The van der Waals surface area contributed by atoms with Gasteiger partial charge in [0.15, 0.2) is 0 Å². The Labute approximate surface area is 442 Å². The van der Waals surface area contributed by atoms with Gasteiger partial charge >= 0.3 is 23.9 Å². The van der Waals surface area contributed by atoms with Gasteiger partial charge in [0.25, 0.3) is 0 Å². The molecule has 0 bridgehead atoms. The van der Waals surface area contributed by atoms with E-state index in [9.17, 15) is 38.4 Å². The molecule has 0 aromatic rings. The molecule has 4 unspecified atom stereocenters. The van der Waals surface area contributed by atoms with Gasteiger partial charge in [0.2, 0.25) is 23.6 Å². The van der Waals surface area contributed by atoms with Gasteiger partial charge in [0, 0.05) is 48.5 Å². The predicted molar refractivity (Wildman–Crippen MR) is 289 cm³/mol. The number of nitrogens with zero attached hydrogens (tertiary/aromatic N) is 4. The molecule has 4 atom stereocenters. The van der Waals surface area contributed by atoms with Gasteiger partial charge in [0.1, 0.15) is 25.4 Å². The van der Waals surface area contributed by atoms with Crippen molar-refractivity contribution in [2.24, 2.45) is 0 Å². The number of hydrogen-bond donors (Lipinski definition) is 0. The third-order valence-electron chi connectivity index (χ3n) is 13.4. The highest BCUT2D eigenvalue weighted by Crippen LogP contribution is 2.28. The van der Waals surface area contributed by atoms with E-state index in [4.69, 9.17) is 18.9 Å². The predicted octanol–water partition coefficient (Wildman–Crippen LogP) is 9.03. The molecule has 0 saturated heterocycles. The zero-order valence-electron chi connectivity index (χ0n) is 45.2. The summed E-state index contributed by atoms with van der Waals surface area (Å²) in [7, 11) is 0. The number of ether oxygens (including phenoxy) is 4. The summed E-state index contributed by atoms with van der Waals surface area (Å²) in [5, 5.41) is 0. The molecule has 4 fully saturated rings. The number of carbonyl (C=O) groups excluding carboxylic acids is 8. The van der Waals surface area contributed by atoms with Gasteiger partial charge in [-0.05, 0) is 116 Å². The Hall–Kier alpha value is -6.32. The quantitative estimate of drug-likeness (QED) is 0.0570. The van der Waals surface area contributed by atoms with Gasteiger partial charge in [-0.25, -0.2) is 19.2 Å². The van der Waals surface area contributed by atoms with E-state index in [1.165, 1.54) is 37.1 Å². The van der Waals surface area contributed by atoms with Crippen molar-refractivity contribution in [1.29, 1.82) is 0 Å². The van der Waals surface area contributed by atoms with Gasteiger partial charge in [-0.2, -0.15) is 0 Å². The first-order valence-electron chi connectivity index (χ1n) is 26.4. The van der Waals surface area contributed by atoms with Gasteiger partial charge in [-0.1, -0.05) is 104 Å². The lowest BCUT2D eigenvalue weighted by atomic mass is 9.91. The van der Waals surface area contributed by atoms with Gasteiger partial charge in [-0.3, -0.25) is 19.2 Å². The maximum atomic E-state index is 11.9. The fourth-order valence-corrected chi connectivity index (χ4v) is 9.55. The molecule has 16 nitrogen and oxygen atoms in total. The van der Waals surface area contributed by atoms with E-state index in [1.807, 2.05) is 13.8 Å². The molecule has 0 spiro atoms. The maximum absolute atomic E-state index is 11.9. The molecular formula is C58H88N4O12. The highest BCUT2D eigenvalue weighted by Gasteiger charge is 2.35. The summed E-state index contributed by atoms with van der Waals surface area (Å²) in [6.45, 7) is 37.5. The lowest BCUT2D eigenvalue weighted by Crippen LogP contribution is -2.49. The van der Waals surface area contributed by atoms with Crippen LogP contribution in [0, 0.1) is 0 Å². The Morgan fingerprint density at radius 1 is 0.419 bits per heavy atom. The van der Waals surface area contributed by atoms with Crippen molar-refractivity contribution in [3.8, 4) is 0 Å². The SMILES string of the molecule is C=CC(=O)N(CC)C1CCCCC1OC(=O)C(=C)C.C=CC(=O)N(CCOC(=O)C(=C)C)C1CCCCC1.C=CC(=O)OC1CCCCC1N(CC)C(=O)C=C.C=CC(=O)OCCN(C(=O)C=C)C1CCCCC1. The van der Waals surface area contributed by atoms with Crippen LogP contribution >= 0.6 is 0 Å². The molecule has 4 saturated carbocycles. The fourth-order valence-electron chi connectivity index (χ4n) is 9.55. The van der Waals surface area contributed by atoms with Crippen LogP contribution in [0.3, 0.4) is 0 Å². The monoisotopic (exact) mass is 1030 g/mol.